The van der Waals surface area contributed by atoms with Crippen LogP contribution >= 0.6 is 0 Å². The Balaban J connectivity index is 2.44. The van der Waals surface area contributed by atoms with Gasteiger partial charge in [-0.25, -0.2) is 0 Å². The molecular formula is C10H11O2. The molecule has 0 aliphatic heterocycles. The standard InChI is InChI=1S/C10H11O2/c1-3-9(2)11-12-10-7-5-4-6-8-10/h4-8H,1-2H3. The molecule has 0 aliphatic carbocycles. The smallest absolute Gasteiger partial charge is 0.178 e. The molecule has 0 amide bonds. The zero-order chi connectivity index (χ0) is 8.81. The van der Waals surface area contributed by atoms with Crippen molar-refractivity contribution in [3.63, 3.8) is 0 Å². The van der Waals surface area contributed by atoms with E-state index in [9.17, 15) is 0 Å². The first kappa shape index (κ1) is 8.65. The van der Waals surface area contributed by atoms with Crippen LogP contribution in [0.25, 0.3) is 0 Å². The highest BCUT2D eigenvalue weighted by Gasteiger charge is 1.92. The zero-order valence-corrected chi connectivity index (χ0v) is 7.20. The fraction of sp³-hybridized carbons (Fsp3) is 0.200. The third-order valence-corrected chi connectivity index (χ3v) is 1.36. The fourth-order valence-electron chi connectivity index (χ4n) is 0.628. The number of hydrogen-bond donors (Lipinski definition) is 0. The molecule has 0 bridgehead atoms. The van der Waals surface area contributed by atoms with Crippen LogP contribution in [0.3, 0.4) is 0 Å². The van der Waals surface area contributed by atoms with Crippen LogP contribution in [0, 0.1) is 6.08 Å². The highest BCUT2D eigenvalue weighted by Crippen LogP contribution is 2.10. The number of rotatable bonds is 3. The van der Waals surface area contributed by atoms with Gasteiger partial charge in [-0.3, -0.25) is 9.78 Å². The Morgan fingerprint density at radius 1 is 1.25 bits per heavy atom. The normalized spacial score (nSPS) is 11.0. The maximum atomic E-state index is 4.96. The Morgan fingerprint density at radius 2 is 1.92 bits per heavy atom. The Bertz CT molecular complexity index is 252. The summed E-state index contributed by atoms with van der Waals surface area (Å²) in [6.07, 6.45) is 2.80. The van der Waals surface area contributed by atoms with Gasteiger partial charge in [0.1, 0.15) is 0 Å². The van der Waals surface area contributed by atoms with Crippen molar-refractivity contribution in [2.24, 2.45) is 0 Å². The maximum Gasteiger partial charge on any atom is 0.178 e. The molecule has 0 atom stereocenters. The predicted molar refractivity (Wildman–Crippen MR) is 46.3 cm³/mol. The fourth-order valence-corrected chi connectivity index (χ4v) is 0.628. The molecule has 0 saturated carbocycles. The number of benzene rings is 1. The van der Waals surface area contributed by atoms with Gasteiger partial charge in [0, 0.05) is 0 Å². The molecule has 0 saturated heterocycles. The van der Waals surface area contributed by atoms with Crippen molar-refractivity contribution in [1.82, 2.24) is 0 Å². The lowest BCUT2D eigenvalue weighted by molar-refractivity contribution is -0.166. The van der Waals surface area contributed by atoms with Crippen molar-refractivity contribution in [2.75, 3.05) is 0 Å². The van der Waals surface area contributed by atoms with Crippen molar-refractivity contribution in [3.05, 3.63) is 42.2 Å². The summed E-state index contributed by atoms with van der Waals surface area (Å²) in [5, 5.41) is 0. The lowest BCUT2D eigenvalue weighted by Gasteiger charge is -2.03. The summed E-state index contributed by atoms with van der Waals surface area (Å²) in [5.74, 6) is 1.31. The molecule has 0 N–H and O–H groups in total. The predicted octanol–water partition coefficient (Wildman–Crippen LogP) is 2.72. The van der Waals surface area contributed by atoms with Crippen LogP contribution in [0.2, 0.25) is 0 Å². The van der Waals surface area contributed by atoms with Crippen LogP contribution < -0.4 is 4.89 Å². The summed E-state index contributed by atoms with van der Waals surface area (Å²) in [5.41, 5.74) is 0. The highest BCUT2D eigenvalue weighted by molar-refractivity contribution is 5.20. The van der Waals surface area contributed by atoms with E-state index in [1.807, 2.05) is 30.3 Å². The molecule has 2 nitrogen and oxygen atoms in total. The molecule has 0 fully saturated rings. The number of hydrogen-bond acceptors (Lipinski definition) is 2. The molecule has 0 spiro atoms. The minimum Gasteiger partial charge on any atom is -0.295 e. The molecule has 1 radical (unpaired) electrons. The molecule has 0 aromatic heterocycles. The van der Waals surface area contributed by atoms with Gasteiger partial charge in [-0.1, -0.05) is 18.2 Å². The first-order chi connectivity index (χ1) is 5.83. The van der Waals surface area contributed by atoms with E-state index in [4.69, 9.17) is 9.78 Å². The van der Waals surface area contributed by atoms with E-state index in [2.05, 4.69) is 6.08 Å². The molecule has 1 aromatic rings. The molecule has 0 unspecified atom stereocenters. The van der Waals surface area contributed by atoms with Crippen molar-refractivity contribution >= 4 is 0 Å². The van der Waals surface area contributed by atoms with E-state index in [0.29, 0.717) is 11.5 Å². The van der Waals surface area contributed by atoms with E-state index in [1.54, 1.807) is 13.8 Å². The SMILES string of the molecule is C[C]=C(C)OOc1ccccc1. The molecule has 2 heteroatoms. The van der Waals surface area contributed by atoms with Gasteiger partial charge >= 0.3 is 0 Å². The Labute approximate surface area is 72.4 Å². The maximum absolute atomic E-state index is 4.96. The van der Waals surface area contributed by atoms with Gasteiger partial charge in [0.25, 0.3) is 0 Å². The van der Waals surface area contributed by atoms with Gasteiger partial charge in [-0.05, 0) is 32.1 Å². The summed E-state index contributed by atoms with van der Waals surface area (Å²) in [6, 6.07) is 9.33. The molecule has 1 rings (SSSR count). The number of para-hydroxylation sites is 1. The third-order valence-electron chi connectivity index (χ3n) is 1.36. The second kappa shape index (κ2) is 4.44. The topological polar surface area (TPSA) is 18.5 Å². The summed E-state index contributed by atoms with van der Waals surface area (Å²) < 4.78 is 0. The molecule has 12 heavy (non-hydrogen) atoms. The zero-order valence-electron chi connectivity index (χ0n) is 7.20. The van der Waals surface area contributed by atoms with Crippen molar-refractivity contribution in [3.8, 4) is 5.75 Å². The minimum absolute atomic E-state index is 0.624. The van der Waals surface area contributed by atoms with Crippen LogP contribution in [0.4, 0.5) is 0 Å². The summed E-state index contributed by atoms with van der Waals surface area (Å²) >= 11 is 0. The average Bonchev–Trinajstić information content (AvgIpc) is 2.16. The highest BCUT2D eigenvalue weighted by atomic mass is 17.2. The van der Waals surface area contributed by atoms with Crippen molar-refractivity contribution < 1.29 is 9.78 Å². The third kappa shape index (κ3) is 2.66. The quantitative estimate of drug-likeness (QED) is 0.387. The summed E-state index contributed by atoms with van der Waals surface area (Å²) in [7, 11) is 0. The monoisotopic (exact) mass is 163 g/mol. The van der Waals surface area contributed by atoms with Gasteiger partial charge in [-0.2, -0.15) is 0 Å². The lowest BCUT2D eigenvalue weighted by Crippen LogP contribution is -1.94. The first-order valence-electron chi connectivity index (χ1n) is 3.74. The van der Waals surface area contributed by atoms with E-state index < -0.39 is 0 Å². The Hall–Kier alpha value is -1.44. The summed E-state index contributed by atoms with van der Waals surface area (Å²) in [4.78, 5) is 9.84. The number of allylic oxidation sites excluding steroid dienone is 2. The van der Waals surface area contributed by atoms with Gasteiger partial charge in [0.2, 0.25) is 0 Å². The van der Waals surface area contributed by atoms with E-state index in [-0.39, 0.29) is 0 Å². The van der Waals surface area contributed by atoms with Gasteiger partial charge in [-0.15, -0.1) is 0 Å². The van der Waals surface area contributed by atoms with Gasteiger partial charge in [0.15, 0.2) is 11.5 Å². The van der Waals surface area contributed by atoms with Crippen LogP contribution in [0.15, 0.2) is 36.1 Å². The van der Waals surface area contributed by atoms with E-state index in [1.165, 1.54) is 0 Å². The minimum atomic E-state index is 0.624. The summed E-state index contributed by atoms with van der Waals surface area (Å²) in [6.45, 7) is 3.55. The van der Waals surface area contributed by atoms with Crippen LogP contribution in [0.1, 0.15) is 13.8 Å². The largest absolute Gasteiger partial charge is 0.295 e. The Morgan fingerprint density at radius 3 is 2.50 bits per heavy atom. The van der Waals surface area contributed by atoms with Crippen LogP contribution in [0.5, 0.6) is 5.75 Å². The molecular weight excluding hydrogens is 152 g/mol. The molecule has 63 valence electrons. The second-order valence-corrected chi connectivity index (χ2v) is 2.29. The Kier molecular flexibility index (Phi) is 3.20. The lowest BCUT2D eigenvalue weighted by atomic mass is 10.3. The molecule has 0 aliphatic rings. The van der Waals surface area contributed by atoms with Crippen molar-refractivity contribution in [1.29, 1.82) is 0 Å². The first-order valence-corrected chi connectivity index (χ1v) is 3.74. The average molecular weight is 163 g/mol. The van der Waals surface area contributed by atoms with Crippen LogP contribution in [-0.4, -0.2) is 0 Å². The second-order valence-electron chi connectivity index (χ2n) is 2.29. The van der Waals surface area contributed by atoms with Crippen LogP contribution in [-0.2, 0) is 4.89 Å². The van der Waals surface area contributed by atoms with Gasteiger partial charge in [0.05, 0.1) is 0 Å². The van der Waals surface area contributed by atoms with Gasteiger partial charge < -0.3 is 0 Å². The van der Waals surface area contributed by atoms with E-state index >= 15 is 0 Å². The molecule has 1 aromatic carbocycles. The molecule has 0 heterocycles. The van der Waals surface area contributed by atoms with E-state index in [0.717, 1.165) is 0 Å². The van der Waals surface area contributed by atoms with Crippen molar-refractivity contribution in [2.45, 2.75) is 13.8 Å².